The Morgan fingerprint density at radius 3 is 3.00 bits per heavy atom. The molecule has 1 aliphatic rings. The van der Waals surface area contributed by atoms with Crippen LogP contribution in [0.1, 0.15) is 42.5 Å². The number of fused-ring (bicyclic) bond motifs is 1. The Morgan fingerprint density at radius 2 is 2.18 bits per heavy atom. The number of H-pyrrole nitrogens is 1. The summed E-state index contributed by atoms with van der Waals surface area (Å²) in [5, 5.41) is 7.29. The molecule has 0 saturated carbocycles. The number of hydrogen-bond donors (Lipinski definition) is 1. The normalized spacial score (nSPS) is 15.6. The molecular formula is C13H17N3S. The number of aryl methyl sites for hydroxylation is 3. The predicted octanol–water partition coefficient (Wildman–Crippen LogP) is 3.36. The molecule has 0 spiro atoms. The van der Waals surface area contributed by atoms with Crippen molar-refractivity contribution in [2.24, 2.45) is 0 Å². The second-order valence-electron chi connectivity index (χ2n) is 4.58. The molecule has 4 heteroatoms. The van der Waals surface area contributed by atoms with E-state index in [0.717, 1.165) is 18.1 Å². The molecule has 0 aliphatic heterocycles. The molecule has 0 atom stereocenters. The fourth-order valence-corrected chi connectivity index (χ4v) is 3.53. The van der Waals surface area contributed by atoms with Crippen LogP contribution in [0.25, 0.3) is 10.7 Å². The van der Waals surface area contributed by atoms with Crippen LogP contribution in [0.15, 0.2) is 6.07 Å². The monoisotopic (exact) mass is 247 g/mol. The molecule has 0 fully saturated rings. The summed E-state index contributed by atoms with van der Waals surface area (Å²) in [6.07, 6.45) is 7.43. The number of hydrogen-bond acceptors (Lipinski definition) is 3. The Bertz CT molecular complexity index is 489. The van der Waals surface area contributed by atoms with E-state index in [2.05, 4.69) is 28.2 Å². The van der Waals surface area contributed by atoms with Gasteiger partial charge in [-0.15, -0.1) is 11.3 Å². The van der Waals surface area contributed by atoms with E-state index in [0.29, 0.717) is 0 Å². The quantitative estimate of drug-likeness (QED) is 0.827. The predicted molar refractivity (Wildman–Crippen MR) is 70.3 cm³/mol. The molecule has 0 amide bonds. The highest BCUT2D eigenvalue weighted by Crippen LogP contribution is 2.33. The first-order chi connectivity index (χ1) is 8.36. The van der Waals surface area contributed by atoms with Gasteiger partial charge in [0.2, 0.25) is 0 Å². The fourth-order valence-electron chi connectivity index (χ4n) is 2.34. The van der Waals surface area contributed by atoms with Crippen molar-refractivity contribution in [1.29, 1.82) is 0 Å². The van der Waals surface area contributed by atoms with Gasteiger partial charge in [0.1, 0.15) is 5.82 Å². The maximum atomic E-state index is 4.51. The van der Waals surface area contributed by atoms with Crippen LogP contribution in [0.4, 0.5) is 0 Å². The third kappa shape index (κ3) is 2.14. The van der Waals surface area contributed by atoms with Crippen LogP contribution in [0.5, 0.6) is 0 Å². The molecule has 0 unspecified atom stereocenters. The van der Waals surface area contributed by atoms with Gasteiger partial charge in [0.05, 0.1) is 4.88 Å². The topological polar surface area (TPSA) is 41.6 Å². The average molecular weight is 247 g/mol. The second kappa shape index (κ2) is 4.61. The molecule has 2 aromatic rings. The van der Waals surface area contributed by atoms with Crippen molar-refractivity contribution in [2.45, 2.75) is 45.4 Å². The Labute approximate surface area is 105 Å². The van der Waals surface area contributed by atoms with Crippen LogP contribution in [-0.2, 0) is 19.3 Å². The lowest BCUT2D eigenvalue weighted by Crippen LogP contribution is -1.81. The van der Waals surface area contributed by atoms with E-state index in [4.69, 9.17) is 0 Å². The van der Waals surface area contributed by atoms with Crippen LogP contribution in [0, 0.1) is 0 Å². The van der Waals surface area contributed by atoms with Crippen LogP contribution >= 0.6 is 11.3 Å². The van der Waals surface area contributed by atoms with Gasteiger partial charge >= 0.3 is 0 Å². The van der Waals surface area contributed by atoms with Gasteiger partial charge in [-0.25, -0.2) is 4.98 Å². The van der Waals surface area contributed by atoms with Gasteiger partial charge in [-0.1, -0.05) is 13.3 Å². The highest BCUT2D eigenvalue weighted by molar-refractivity contribution is 7.15. The van der Waals surface area contributed by atoms with Crippen molar-refractivity contribution in [3.63, 3.8) is 0 Å². The standard InChI is InChI=1S/C13H17N3S/c1-2-12-14-13(16-15-12)11-8-9-6-4-3-5-7-10(9)17-11/h8H,2-7H2,1H3,(H,14,15,16). The van der Waals surface area contributed by atoms with Gasteiger partial charge in [0, 0.05) is 11.3 Å². The SMILES string of the molecule is CCc1nc(-c2cc3c(s2)CCCCC3)n[nH]1. The summed E-state index contributed by atoms with van der Waals surface area (Å²) >= 11 is 1.88. The van der Waals surface area contributed by atoms with Gasteiger partial charge in [0.15, 0.2) is 5.82 Å². The summed E-state index contributed by atoms with van der Waals surface area (Å²) < 4.78 is 0. The minimum Gasteiger partial charge on any atom is -0.263 e. The summed E-state index contributed by atoms with van der Waals surface area (Å²) in [5.41, 5.74) is 1.53. The van der Waals surface area contributed by atoms with E-state index in [9.17, 15) is 0 Å². The number of nitrogens with one attached hydrogen (secondary N) is 1. The van der Waals surface area contributed by atoms with Crippen molar-refractivity contribution >= 4 is 11.3 Å². The zero-order valence-corrected chi connectivity index (χ0v) is 10.9. The lowest BCUT2D eigenvalue weighted by atomic mass is 10.1. The molecule has 0 saturated heterocycles. The minimum atomic E-state index is 0.875. The van der Waals surface area contributed by atoms with Gasteiger partial charge in [-0.05, 0) is 37.3 Å². The molecule has 1 aliphatic carbocycles. The van der Waals surface area contributed by atoms with Crippen LogP contribution in [0.3, 0.4) is 0 Å². The van der Waals surface area contributed by atoms with E-state index in [-0.39, 0.29) is 0 Å². The van der Waals surface area contributed by atoms with Gasteiger partial charge in [0.25, 0.3) is 0 Å². The molecule has 2 heterocycles. The van der Waals surface area contributed by atoms with Crippen LogP contribution in [-0.4, -0.2) is 15.2 Å². The number of nitrogens with zero attached hydrogens (tertiary/aromatic N) is 2. The van der Waals surface area contributed by atoms with E-state index >= 15 is 0 Å². The first kappa shape index (κ1) is 11.0. The molecule has 0 radical (unpaired) electrons. The summed E-state index contributed by atoms with van der Waals surface area (Å²) in [6.45, 7) is 2.09. The zero-order chi connectivity index (χ0) is 11.7. The lowest BCUT2D eigenvalue weighted by molar-refractivity contribution is 0.713. The third-order valence-corrected chi connectivity index (χ3v) is 4.57. The molecule has 17 heavy (non-hydrogen) atoms. The highest BCUT2D eigenvalue weighted by atomic mass is 32.1. The van der Waals surface area contributed by atoms with E-state index in [1.165, 1.54) is 42.5 Å². The Hall–Kier alpha value is -1.16. The molecule has 2 aromatic heterocycles. The molecular weight excluding hydrogens is 230 g/mol. The third-order valence-electron chi connectivity index (χ3n) is 3.33. The van der Waals surface area contributed by atoms with Crippen molar-refractivity contribution < 1.29 is 0 Å². The number of aromatic amines is 1. The second-order valence-corrected chi connectivity index (χ2v) is 5.72. The maximum Gasteiger partial charge on any atom is 0.191 e. The number of rotatable bonds is 2. The van der Waals surface area contributed by atoms with E-state index < -0.39 is 0 Å². The molecule has 1 N–H and O–H groups in total. The van der Waals surface area contributed by atoms with Crippen molar-refractivity contribution in [3.05, 3.63) is 22.3 Å². The molecule has 90 valence electrons. The van der Waals surface area contributed by atoms with E-state index in [1.54, 1.807) is 4.88 Å². The molecule has 0 aromatic carbocycles. The first-order valence-electron chi connectivity index (χ1n) is 6.40. The van der Waals surface area contributed by atoms with Crippen molar-refractivity contribution in [2.75, 3.05) is 0 Å². The fraction of sp³-hybridized carbons (Fsp3) is 0.538. The number of aromatic nitrogens is 3. The highest BCUT2D eigenvalue weighted by Gasteiger charge is 2.15. The van der Waals surface area contributed by atoms with Gasteiger partial charge in [-0.3, -0.25) is 5.10 Å². The summed E-state index contributed by atoms with van der Waals surface area (Å²) in [6, 6.07) is 2.30. The molecule has 3 nitrogen and oxygen atoms in total. The summed E-state index contributed by atoms with van der Waals surface area (Å²) in [5.74, 6) is 1.85. The average Bonchev–Trinajstić information content (AvgIpc) is 2.92. The largest absolute Gasteiger partial charge is 0.263 e. The molecule has 3 rings (SSSR count). The van der Waals surface area contributed by atoms with Gasteiger partial charge in [-0.2, -0.15) is 5.10 Å². The smallest absolute Gasteiger partial charge is 0.191 e. The van der Waals surface area contributed by atoms with Crippen molar-refractivity contribution in [1.82, 2.24) is 15.2 Å². The van der Waals surface area contributed by atoms with Crippen LogP contribution in [0.2, 0.25) is 0 Å². The van der Waals surface area contributed by atoms with Crippen molar-refractivity contribution in [3.8, 4) is 10.7 Å². The van der Waals surface area contributed by atoms with Crippen LogP contribution < -0.4 is 0 Å². The zero-order valence-electron chi connectivity index (χ0n) is 10.1. The molecule has 0 bridgehead atoms. The summed E-state index contributed by atoms with van der Waals surface area (Å²) in [7, 11) is 0. The first-order valence-corrected chi connectivity index (χ1v) is 7.21. The van der Waals surface area contributed by atoms with Gasteiger partial charge < -0.3 is 0 Å². The Kier molecular flexibility index (Phi) is 2.97. The lowest BCUT2D eigenvalue weighted by Gasteiger charge is -1.92. The maximum absolute atomic E-state index is 4.51. The minimum absolute atomic E-state index is 0.875. The number of thiophene rings is 1. The summed E-state index contributed by atoms with van der Waals surface area (Å²) in [4.78, 5) is 7.29. The Morgan fingerprint density at radius 1 is 1.29 bits per heavy atom. The van der Waals surface area contributed by atoms with E-state index in [1.807, 2.05) is 11.3 Å². The Balaban J connectivity index is 1.93.